The summed E-state index contributed by atoms with van der Waals surface area (Å²) in [5, 5.41) is 5.58. The van der Waals surface area contributed by atoms with Gasteiger partial charge < -0.3 is 38.3 Å². The zero-order valence-corrected chi connectivity index (χ0v) is 18.6. The van der Waals surface area contributed by atoms with E-state index in [0.717, 1.165) is 0 Å². The Bertz CT molecular complexity index is 1240. The van der Waals surface area contributed by atoms with Crippen LogP contribution in [-0.2, 0) is 0 Å². The number of nitrogens with one attached hydrogen (secondary N) is 2. The second-order valence-corrected chi connectivity index (χ2v) is 7.84. The van der Waals surface area contributed by atoms with Gasteiger partial charge in [-0.15, -0.1) is 0 Å². The molecule has 2 amide bonds. The summed E-state index contributed by atoms with van der Waals surface area (Å²) >= 11 is 0. The summed E-state index contributed by atoms with van der Waals surface area (Å²) < 4.78 is 5.84. The smallest absolute Gasteiger partial charge is 0.255 e. The molecule has 0 aromatic heterocycles. The molecule has 0 saturated heterocycles. The molecule has 4 aromatic carbocycles. The predicted octanol–water partition coefficient (Wildman–Crippen LogP) is 4.31. The Morgan fingerprint density at radius 2 is 0.829 bits per heavy atom. The molecule has 9 heteroatoms. The van der Waals surface area contributed by atoms with Crippen molar-refractivity contribution in [2.75, 3.05) is 33.6 Å². The van der Waals surface area contributed by atoms with Crippen LogP contribution in [0.4, 0.5) is 34.1 Å². The molecule has 0 aliphatic heterocycles. The summed E-state index contributed by atoms with van der Waals surface area (Å²) in [7, 11) is 0. The number of rotatable bonds is 6. The van der Waals surface area contributed by atoms with Gasteiger partial charge in [0.2, 0.25) is 0 Å². The summed E-state index contributed by atoms with van der Waals surface area (Å²) in [6, 6.07) is 23.2. The molecule has 0 heterocycles. The topological polar surface area (TPSA) is 172 Å². The quantitative estimate of drug-likeness (QED) is 0.229. The molecule has 4 aromatic rings. The van der Waals surface area contributed by atoms with E-state index in [1.807, 2.05) is 0 Å². The first kappa shape index (κ1) is 23.0. The lowest BCUT2D eigenvalue weighted by molar-refractivity contribution is 0.101. The van der Waals surface area contributed by atoms with E-state index in [0.29, 0.717) is 56.8 Å². The molecule has 0 bridgehead atoms. The fourth-order valence-corrected chi connectivity index (χ4v) is 3.37. The molecular formula is C26H24N6O3. The minimum atomic E-state index is -0.323. The number of ether oxygens (including phenoxy) is 1. The van der Waals surface area contributed by atoms with Crippen molar-refractivity contribution in [1.82, 2.24) is 0 Å². The summed E-state index contributed by atoms with van der Waals surface area (Å²) in [6.07, 6.45) is 0. The molecule has 0 aliphatic rings. The normalized spacial score (nSPS) is 10.4. The van der Waals surface area contributed by atoms with Gasteiger partial charge in [-0.2, -0.15) is 0 Å². The number of nitrogen functional groups attached to an aromatic ring is 4. The highest BCUT2D eigenvalue weighted by molar-refractivity contribution is 6.06. The molecule has 0 aliphatic carbocycles. The van der Waals surface area contributed by atoms with Gasteiger partial charge in [-0.25, -0.2) is 0 Å². The van der Waals surface area contributed by atoms with Crippen LogP contribution < -0.4 is 38.3 Å². The van der Waals surface area contributed by atoms with Crippen molar-refractivity contribution in [3.8, 4) is 11.5 Å². The number of anilines is 6. The summed E-state index contributed by atoms with van der Waals surface area (Å²) in [5.41, 5.74) is 26.6. The number of hydrogen-bond donors (Lipinski definition) is 6. The van der Waals surface area contributed by atoms with E-state index >= 15 is 0 Å². The maximum absolute atomic E-state index is 12.4. The second-order valence-electron chi connectivity index (χ2n) is 7.84. The van der Waals surface area contributed by atoms with Crippen LogP contribution >= 0.6 is 0 Å². The first-order chi connectivity index (χ1) is 16.7. The average molecular weight is 469 g/mol. The van der Waals surface area contributed by atoms with E-state index < -0.39 is 0 Å². The van der Waals surface area contributed by atoms with Crippen LogP contribution in [0.15, 0.2) is 84.9 Å². The van der Waals surface area contributed by atoms with Crippen LogP contribution in [-0.4, -0.2) is 11.8 Å². The SMILES string of the molecule is Nc1cc(N)cc(C(=O)Nc2ccc(Oc3ccc(NC(=O)c4cc(N)cc(N)c4)cc3)cc2)c1. The fourth-order valence-electron chi connectivity index (χ4n) is 3.37. The molecule has 0 saturated carbocycles. The van der Waals surface area contributed by atoms with Gasteiger partial charge in [0.15, 0.2) is 0 Å². The molecule has 0 spiro atoms. The molecule has 0 fully saturated rings. The molecule has 0 unspecified atom stereocenters. The van der Waals surface area contributed by atoms with E-state index in [-0.39, 0.29) is 11.8 Å². The van der Waals surface area contributed by atoms with E-state index in [1.54, 1.807) is 84.9 Å². The van der Waals surface area contributed by atoms with Crippen molar-refractivity contribution in [1.29, 1.82) is 0 Å². The predicted molar refractivity (Wildman–Crippen MR) is 139 cm³/mol. The third-order valence-corrected chi connectivity index (χ3v) is 4.94. The van der Waals surface area contributed by atoms with Gasteiger partial charge in [0.25, 0.3) is 11.8 Å². The number of nitrogens with two attached hydrogens (primary N) is 4. The minimum Gasteiger partial charge on any atom is -0.457 e. The van der Waals surface area contributed by atoms with Gasteiger partial charge in [-0.1, -0.05) is 0 Å². The van der Waals surface area contributed by atoms with Gasteiger partial charge in [0, 0.05) is 45.3 Å². The van der Waals surface area contributed by atoms with E-state index in [2.05, 4.69) is 10.6 Å². The maximum Gasteiger partial charge on any atom is 0.255 e. The molecule has 35 heavy (non-hydrogen) atoms. The highest BCUT2D eigenvalue weighted by Crippen LogP contribution is 2.25. The third kappa shape index (κ3) is 5.99. The van der Waals surface area contributed by atoms with Crippen molar-refractivity contribution in [3.63, 3.8) is 0 Å². The van der Waals surface area contributed by atoms with Gasteiger partial charge in [0.1, 0.15) is 11.5 Å². The largest absolute Gasteiger partial charge is 0.457 e. The standard InChI is InChI=1S/C26H24N6O3/c27-17-9-15(10-18(28)13-17)25(33)31-21-1-5-23(6-2-21)35-24-7-3-22(4-8-24)32-26(34)16-11-19(29)14-20(30)12-16/h1-14H,27-30H2,(H,31,33)(H,32,34). The van der Waals surface area contributed by atoms with E-state index in [4.69, 9.17) is 27.7 Å². The third-order valence-electron chi connectivity index (χ3n) is 4.94. The molecule has 4 rings (SSSR count). The van der Waals surface area contributed by atoms with Crippen LogP contribution in [0.5, 0.6) is 11.5 Å². The Kier molecular flexibility index (Phi) is 6.41. The fraction of sp³-hybridized carbons (Fsp3) is 0. The molecule has 10 N–H and O–H groups in total. The van der Waals surface area contributed by atoms with E-state index in [1.165, 1.54) is 0 Å². The average Bonchev–Trinajstić information content (AvgIpc) is 2.80. The highest BCUT2D eigenvalue weighted by Gasteiger charge is 2.10. The Labute approximate surface area is 201 Å². The van der Waals surface area contributed by atoms with Crippen LogP contribution in [0.1, 0.15) is 20.7 Å². The van der Waals surface area contributed by atoms with Gasteiger partial charge >= 0.3 is 0 Å². The maximum atomic E-state index is 12.4. The van der Waals surface area contributed by atoms with Gasteiger partial charge in [0.05, 0.1) is 0 Å². The lowest BCUT2D eigenvalue weighted by Crippen LogP contribution is -2.12. The summed E-state index contributed by atoms with van der Waals surface area (Å²) in [6.45, 7) is 0. The Morgan fingerprint density at radius 3 is 1.14 bits per heavy atom. The lowest BCUT2D eigenvalue weighted by Gasteiger charge is -2.10. The molecule has 0 atom stereocenters. The highest BCUT2D eigenvalue weighted by atomic mass is 16.5. The summed E-state index contributed by atoms with van der Waals surface area (Å²) in [5.74, 6) is 0.499. The lowest BCUT2D eigenvalue weighted by atomic mass is 10.1. The Morgan fingerprint density at radius 1 is 0.514 bits per heavy atom. The number of hydrogen-bond acceptors (Lipinski definition) is 7. The number of benzene rings is 4. The van der Waals surface area contributed by atoms with Crippen molar-refractivity contribution < 1.29 is 14.3 Å². The number of carbonyl (C=O) groups excluding carboxylic acids is 2. The zero-order chi connectivity index (χ0) is 24.9. The van der Waals surface area contributed by atoms with Crippen LogP contribution in [0.2, 0.25) is 0 Å². The Balaban J connectivity index is 1.35. The van der Waals surface area contributed by atoms with Crippen molar-refractivity contribution >= 4 is 45.9 Å². The molecule has 0 radical (unpaired) electrons. The minimum absolute atomic E-state index is 0.323. The summed E-state index contributed by atoms with van der Waals surface area (Å²) in [4.78, 5) is 24.9. The van der Waals surface area contributed by atoms with Crippen LogP contribution in [0.3, 0.4) is 0 Å². The van der Waals surface area contributed by atoms with E-state index in [9.17, 15) is 9.59 Å². The van der Waals surface area contributed by atoms with Gasteiger partial charge in [-0.3, -0.25) is 9.59 Å². The van der Waals surface area contributed by atoms with Crippen molar-refractivity contribution in [2.24, 2.45) is 0 Å². The molecular weight excluding hydrogens is 444 g/mol. The number of carbonyl (C=O) groups is 2. The van der Waals surface area contributed by atoms with Gasteiger partial charge in [-0.05, 0) is 84.9 Å². The molecule has 9 nitrogen and oxygen atoms in total. The van der Waals surface area contributed by atoms with Crippen molar-refractivity contribution in [2.45, 2.75) is 0 Å². The first-order valence-electron chi connectivity index (χ1n) is 10.6. The van der Waals surface area contributed by atoms with Crippen molar-refractivity contribution in [3.05, 3.63) is 96.1 Å². The zero-order valence-electron chi connectivity index (χ0n) is 18.6. The molecule has 176 valence electrons. The number of amides is 2. The first-order valence-corrected chi connectivity index (χ1v) is 10.6. The second kappa shape index (κ2) is 9.75. The Hall–Kier alpha value is -5.18. The monoisotopic (exact) mass is 468 g/mol. The van der Waals surface area contributed by atoms with Crippen LogP contribution in [0.25, 0.3) is 0 Å². The van der Waals surface area contributed by atoms with Crippen LogP contribution in [0, 0.1) is 0 Å².